The highest BCUT2D eigenvalue weighted by molar-refractivity contribution is 9.10. The first kappa shape index (κ1) is 10.4. The highest BCUT2D eigenvalue weighted by atomic mass is 79.9. The number of rotatable bonds is 2. The van der Waals surface area contributed by atoms with Crippen molar-refractivity contribution in [1.82, 2.24) is 9.38 Å². The summed E-state index contributed by atoms with van der Waals surface area (Å²) < 4.78 is 7.96. The van der Waals surface area contributed by atoms with E-state index >= 15 is 0 Å². The number of imidazole rings is 1. The summed E-state index contributed by atoms with van der Waals surface area (Å²) in [5, 5.41) is 0. The second kappa shape index (κ2) is 3.83. The molecule has 4 nitrogen and oxygen atoms in total. The molecular formula is C10H12BrN3O. The first-order chi connectivity index (χ1) is 7.15. The molecule has 0 aliphatic heterocycles. The standard InChI is InChI=1S/C10H12BrN3O/c1-6(12)10-13-9(11)8-7(15-2)4-3-5-14(8)10/h3-6H,12H2,1-2H3. The maximum absolute atomic E-state index is 5.84. The zero-order chi connectivity index (χ0) is 11.0. The summed E-state index contributed by atoms with van der Waals surface area (Å²) in [6.07, 6.45) is 1.92. The predicted octanol–water partition coefficient (Wildman–Crippen LogP) is 2.13. The Balaban J connectivity index is 2.79. The van der Waals surface area contributed by atoms with Crippen LogP contribution in [-0.2, 0) is 0 Å². The largest absolute Gasteiger partial charge is 0.494 e. The lowest BCUT2D eigenvalue weighted by Gasteiger charge is -2.06. The molecule has 1 atom stereocenters. The van der Waals surface area contributed by atoms with Gasteiger partial charge in [0.2, 0.25) is 0 Å². The molecule has 0 spiro atoms. The Morgan fingerprint density at radius 1 is 1.60 bits per heavy atom. The number of aromatic nitrogens is 2. The Labute approximate surface area is 96.2 Å². The molecule has 0 fully saturated rings. The first-order valence-corrected chi connectivity index (χ1v) is 5.40. The van der Waals surface area contributed by atoms with Crippen LogP contribution in [0.2, 0.25) is 0 Å². The van der Waals surface area contributed by atoms with Crippen molar-refractivity contribution in [3.05, 3.63) is 28.8 Å². The summed E-state index contributed by atoms with van der Waals surface area (Å²) in [6.45, 7) is 1.90. The molecule has 0 aromatic carbocycles. The number of pyridine rings is 1. The summed E-state index contributed by atoms with van der Waals surface area (Å²) in [7, 11) is 1.64. The van der Waals surface area contributed by atoms with Gasteiger partial charge >= 0.3 is 0 Å². The fourth-order valence-electron chi connectivity index (χ4n) is 1.57. The summed E-state index contributed by atoms with van der Waals surface area (Å²) in [5.41, 5.74) is 6.75. The highest BCUT2D eigenvalue weighted by Gasteiger charge is 2.15. The van der Waals surface area contributed by atoms with E-state index in [9.17, 15) is 0 Å². The van der Waals surface area contributed by atoms with E-state index < -0.39 is 0 Å². The molecule has 2 aromatic rings. The number of ether oxygens (including phenoxy) is 1. The molecule has 0 saturated carbocycles. The normalized spacial score (nSPS) is 13.1. The SMILES string of the molecule is COc1cccn2c(C(C)N)nc(Br)c12. The molecule has 0 aliphatic rings. The molecule has 0 aliphatic carbocycles. The van der Waals surface area contributed by atoms with Gasteiger partial charge in [-0.2, -0.15) is 0 Å². The lowest BCUT2D eigenvalue weighted by molar-refractivity contribution is 0.417. The van der Waals surface area contributed by atoms with Crippen molar-refractivity contribution in [2.45, 2.75) is 13.0 Å². The second-order valence-electron chi connectivity index (χ2n) is 3.34. The van der Waals surface area contributed by atoms with Crippen molar-refractivity contribution < 1.29 is 4.74 Å². The monoisotopic (exact) mass is 269 g/mol. The van der Waals surface area contributed by atoms with Gasteiger partial charge in [-0.3, -0.25) is 4.40 Å². The maximum Gasteiger partial charge on any atom is 0.145 e. The van der Waals surface area contributed by atoms with E-state index in [4.69, 9.17) is 10.5 Å². The van der Waals surface area contributed by atoms with Gasteiger partial charge in [0.05, 0.1) is 13.2 Å². The zero-order valence-corrected chi connectivity index (χ0v) is 10.2. The quantitative estimate of drug-likeness (QED) is 0.909. The predicted molar refractivity (Wildman–Crippen MR) is 62.0 cm³/mol. The average molecular weight is 270 g/mol. The fraction of sp³-hybridized carbons (Fsp3) is 0.300. The highest BCUT2D eigenvalue weighted by Crippen LogP contribution is 2.29. The minimum absolute atomic E-state index is 0.115. The number of halogens is 1. The van der Waals surface area contributed by atoms with Gasteiger partial charge in [-0.15, -0.1) is 0 Å². The van der Waals surface area contributed by atoms with Crippen molar-refractivity contribution >= 4 is 21.4 Å². The third-order valence-electron chi connectivity index (χ3n) is 2.24. The average Bonchev–Trinajstić information content (AvgIpc) is 2.56. The number of hydrogen-bond donors (Lipinski definition) is 1. The van der Waals surface area contributed by atoms with Crippen molar-refractivity contribution in [3.63, 3.8) is 0 Å². The first-order valence-electron chi connectivity index (χ1n) is 4.61. The van der Waals surface area contributed by atoms with Gasteiger partial charge in [0, 0.05) is 6.20 Å². The van der Waals surface area contributed by atoms with Gasteiger partial charge in [0.25, 0.3) is 0 Å². The van der Waals surface area contributed by atoms with Crippen LogP contribution in [0.25, 0.3) is 5.52 Å². The third-order valence-corrected chi connectivity index (χ3v) is 2.79. The number of methoxy groups -OCH3 is 1. The lowest BCUT2D eigenvalue weighted by Crippen LogP contribution is -2.09. The van der Waals surface area contributed by atoms with E-state index in [1.54, 1.807) is 7.11 Å². The molecule has 5 heteroatoms. The molecule has 0 bridgehead atoms. The van der Waals surface area contributed by atoms with Gasteiger partial charge < -0.3 is 10.5 Å². The minimum Gasteiger partial charge on any atom is -0.494 e. The Hall–Kier alpha value is -1.07. The van der Waals surface area contributed by atoms with E-state index in [1.165, 1.54) is 0 Å². The van der Waals surface area contributed by atoms with Crippen LogP contribution in [0.15, 0.2) is 22.9 Å². The van der Waals surface area contributed by atoms with Crippen LogP contribution in [0.3, 0.4) is 0 Å². The van der Waals surface area contributed by atoms with Crippen LogP contribution in [-0.4, -0.2) is 16.5 Å². The topological polar surface area (TPSA) is 52.5 Å². The Morgan fingerprint density at radius 2 is 2.33 bits per heavy atom. The third kappa shape index (κ3) is 1.61. The summed E-state index contributed by atoms with van der Waals surface area (Å²) in [4.78, 5) is 4.37. The van der Waals surface area contributed by atoms with Gasteiger partial charge in [-0.25, -0.2) is 4.98 Å². The molecule has 2 aromatic heterocycles. The molecule has 80 valence electrons. The summed E-state index contributed by atoms with van der Waals surface area (Å²) in [6, 6.07) is 3.69. The molecule has 0 radical (unpaired) electrons. The molecule has 15 heavy (non-hydrogen) atoms. The summed E-state index contributed by atoms with van der Waals surface area (Å²) in [5.74, 6) is 1.60. The zero-order valence-electron chi connectivity index (χ0n) is 8.57. The van der Waals surface area contributed by atoms with E-state index in [0.29, 0.717) is 0 Å². The Kier molecular flexibility index (Phi) is 2.67. The van der Waals surface area contributed by atoms with Gasteiger partial charge in [0.15, 0.2) is 0 Å². The molecule has 0 saturated heterocycles. The number of nitrogens with zero attached hydrogens (tertiary/aromatic N) is 2. The molecule has 2 N–H and O–H groups in total. The Morgan fingerprint density at radius 3 is 2.93 bits per heavy atom. The van der Waals surface area contributed by atoms with Crippen molar-refractivity contribution in [3.8, 4) is 5.75 Å². The summed E-state index contributed by atoms with van der Waals surface area (Å²) >= 11 is 3.41. The lowest BCUT2D eigenvalue weighted by atomic mass is 10.3. The van der Waals surface area contributed by atoms with Crippen LogP contribution in [0.1, 0.15) is 18.8 Å². The molecule has 1 unspecified atom stereocenters. The maximum atomic E-state index is 5.84. The second-order valence-corrected chi connectivity index (χ2v) is 4.10. The van der Waals surface area contributed by atoms with E-state index in [1.807, 2.05) is 29.7 Å². The molecule has 2 rings (SSSR count). The van der Waals surface area contributed by atoms with Crippen LogP contribution in [0.5, 0.6) is 5.75 Å². The number of hydrogen-bond acceptors (Lipinski definition) is 3. The molecule has 2 heterocycles. The molecular weight excluding hydrogens is 258 g/mol. The van der Waals surface area contributed by atoms with Gasteiger partial charge in [0.1, 0.15) is 21.7 Å². The van der Waals surface area contributed by atoms with E-state index in [0.717, 1.165) is 21.7 Å². The Bertz CT molecular complexity index is 493. The van der Waals surface area contributed by atoms with E-state index in [2.05, 4.69) is 20.9 Å². The fourth-order valence-corrected chi connectivity index (χ4v) is 2.14. The molecule has 0 amide bonds. The van der Waals surface area contributed by atoms with E-state index in [-0.39, 0.29) is 6.04 Å². The van der Waals surface area contributed by atoms with Crippen molar-refractivity contribution in [1.29, 1.82) is 0 Å². The van der Waals surface area contributed by atoms with Crippen LogP contribution < -0.4 is 10.5 Å². The number of nitrogens with two attached hydrogens (primary N) is 1. The van der Waals surface area contributed by atoms with Crippen LogP contribution in [0.4, 0.5) is 0 Å². The van der Waals surface area contributed by atoms with Crippen LogP contribution >= 0.6 is 15.9 Å². The minimum atomic E-state index is -0.115. The van der Waals surface area contributed by atoms with Gasteiger partial charge in [-0.05, 0) is 35.0 Å². The van der Waals surface area contributed by atoms with Crippen LogP contribution in [0, 0.1) is 0 Å². The van der Waals surface area contributed by atoms with Gasteiger partial charge in [-0.1, -0.05) is 0 Å². The van der Waals surface area contributed by atoms with Crippen molar-refractivity contribution in [2.75, 3.05) is 7.11 Å². The number of fused-ring (bicyclic) bond motifs is 1. The van der Waals surface area contributed by atoms with Crippen molar-refractivity contribution in [2.24, 2.45) is 5.73 Å². The smallest absolute Gasteiger partial charge is 0.145 e.